The van der Waals surface area contributed by atoms with Crippen LogP contribution in [0.25, 0.3) is 0 Å². The van der Waals surface area contributed by atoms with E-state index in [0.29, 0.717) is 0 Å². The van der Waals surface area contributed by atoms with E-state index in [2.05, 4.69) is 25.9 Å². The summed E-state index contributed by atoms with van der Waals surface area (Å²) in [6, 6.07) is 1.51. The Morgan fingerprint density at radius 1 is 1.47 bits per heavy atom. The van der Waals surface area contributed by atoms with Crippen LogP contribution in [0.2, 0.25) is 0 Å². The molecule has 0 unspecified atom stereocenters. The number of aryl methyl sites for hydroxylation is 1. The Morgan fingerprint density at radius 3 is 2.93 bits per heavy atom. The summed E-state index contributed by atoms with van der Waals surface area (Å²) >= 11 is 5.02. The number of rotatable bonds is 6. The summed E-state index contributed by atoms with van der Waals surface area (Å²) < 4.78 is 0. The fourth-order valence-electron chi connectivity index (χ4n) is 1.16. The van der Waals surface area contributed by atoms with Crippen molar-refractivity contribution in [2.45, 2.75) is 31.3 Å². The quantitative estimate of drug-likeness (QED) is 0.379. The summed E-state index contributed by atoms with van der Waals surface area (Å²) in [6.07, 6.45) is 3.58. The first-order chi connectivity index (χ1) is 7.22. The maximum atomic E-state index is 11.1. The van der Waals surface area contributed by atoms with E-state index in [-0.39, 0.29) is 5.56 Å². The highest BCUT2D eigenvalue weighted by Crippen LogP contribution is 2.14. The van der Waals surface area contributed by atoms with Crippen LogP contribution in [0.5, 0.6) is 0 Å². The van der Waals surface area contributed by atoms with E-state index in [1.807, 2.05) is 6.92 Å². The minimum Gasteiger partial charge on any atom is -0.301 e. The predicted octanol–water partition coefficient (Wildman–Crippen LogP) is 2.74. The highest BCUT2D eigenvalue weighted by molar-refractivity contribution is 9.09. The molecule has 0 radical (unpaired) electrons. The molecule has 0 saturated carbocycles. The first kappa shape index (κ1) is 12.8. The van der Waals surface area contributed by atoms with E-state index in [1.54, 1.807) is 11.8 Å². The second kappa shape index (κ2) is 7.06. The second-order valence-corrected chi connectivity index (χ2v) is 5.17. The van der Waals surface area contributed by atoms with Crippen LogP contribution < -0.4 is 5.56 Å². The Kier molecular flexibility index (Phi) is 6.02. The van der Waals surface area contributed by atoms with Gasteiger partial charge in [-0.3, -0.25) is 4.79 Å². The van der Waals surface area contributed by atoms with Gasteiger partial charge in [-0.25, -0.2) is 4.98 Å². The SMILES string of the molecule is Cc1cc(=O)[nH]c(SCCCCCBr)n1. The van der Waals surface area contributed by atoms with Gasteiger partial charge in [-0.1, -0.05) is 34.1 Å². The van der Waals surface area contributed by atoms with E-state index in [4.69, 9.17) is 0 Å². The zero-order chi connectivity index (χ0) is 11.1. The smallest absolute Gasteiger partial charge is 0.251 e. The van der Waals surface area contributed by atoms with Crippen molar-refractivity contribution in [2.24, 2.45) is 0 Å². The molecule has 1 rings (SSSR count). The molecule has 1 aromatic rings. The molecule has 0 amide bonds. The Balaban J connectivity index is 2.34. The van der Waals surface area contributed by atoms with Gasteiger partial charge in [-0.05, 0) is 19.8 Å². The number of unbranched alkanes of at least 4 members (excludes halogenated alkanes) is 2. The van der Waals surface area contributed by atoms with Gasteiger partial charge >= 0.3 is 0 Å². The summed E-state index contributed by atoms with van der Waals surface area (Å²) in [5.74, 6) is 1.01. The lowest BCUT2D eigenvalue weighted by Gasteiger charge is -2.00. The fraction of sp³-hybridized carbons (Fsp3) is 0.600. The number of thioether (sulfide) groups is 1. The molecule has 84 valence electrons. The van der Waals surface area contributed by atoms with Crippen molar-refractivity contribution in [3.8, 4) is 0 Å². The van der Waals surface area contributed by atoms with Gasteiger partial charge in [-0.2, -0.15) is 0 Å². The van der Waals surface area contributed by atoms with Gasteiger partial charge in [0, 0.05) is 22.8 Å². The van der Waals surface area contributed by atoms with Gasteiger partial charge in [0.05, 0.1) is 0 Å². The second-order valence-electron chi connectivity index (χ2n) is 3.29. The minimum absolute atomic E-state index is 0.0644. The van der Waals surface area contributed by atoms with E-state index >= 15 is 0 Å². The zero-order valence-corrected chi connectivity index (χ0v) is 11.2. The van der Waals surface area contributed by atoms with Crippen molar-refractivity contribution in [3.05, 3.63) is 22.1 Å². The molecule has 0 aliphatic carbocycles. The van der Waals surface area contributed by atoms with Crippen LogP contribution in [0, 0.1) is 6.92 Å². The van der Waals surface area contributed by atoms with Crippen LogP contribution in [-0.4, -0.2) is 21.1 Å². The third-order valence-corrected chi connectivity index (χ3v) is 3.39. The molecule has 15 heavy (non-hydrogen) atoms. The highest BCUT2D eigenvalue weighted by atomic mass is 79.9. The Morgan fingerprint density at radius 2 is 2.27 bits per heavy atom. The van der Waals surface area contributed by atoms with Crippen molar-refractivity contribution in [1.29, 1.82) is 0 Å². The molecule has 0 atom stereocenters. The van der Waals surface area contributed by atoms with Crippen molar-refractivity contribution in [1.82, 2.24) is 9.97 Å². The number of halogens is 1. The van der Waals surface area contributed by atoms with Crippen LogP contribution in [0.1, 0.15) is 25.0 Å². The van der Waals surface area contributed by atoms with Crippen LogP contribution in [-0.2, 0) is 0 Å². The number of H-pyrrole nitrogens is 1. The van der Waals surface area contributed by atoms with E-state index in [1.165, 1.54) is 18.9 Å². The lowest BCUT2D eigenvalue weighted by Crippen LogP contribution is -2.08. The van der Waals surface area contributed by atoms with Gasteiger partial charge in [0.15, 0.2) is 5.16 Å². The molecule has 0 saturated heterocycles. The summed E-state index contributed by atoms with van der Waals surface area (Å²) in [6.45, 7) is 1.84. The lowest BCUT2D eigenvalue weighted by molar-refractivity contribution is 0.786. The monoisotopic (exact) mass is 290 g/mol. The topological polar surface area (TPSA) is 45.8 Å². The standard InChI is InChI=1S/C10H15BrN2OS/c1-8-7-9(14)13-10(12-8)15-6-4-2-3-5-11/h7H,2-6H2,1H3,(H,12,13,14). The normalized spacial score (nSPS) is 10.5. The van der Waals surface area contributed by atoms with Gasteiger partial charge in [-0.15, -0.1) is 0 Å². The number of alkyl halides is 1. The summed E-state index contributed by atoms with van der Waals surface area (Å²) in [7, 11) is 0. The molecular formula is C10H15BrN2OS. The molecule has 0 spiro atoms. The Hall–Kier alpha value is -0.290. The van der Waals surface area contributed by atoms with E-state index in [0.717, 1.165) is 28.4 Å². The maximum absolute atomic E-state index is 11.1. The highest BCUT2D eigenvalue weighted by Gasteiger charge is 1.98. The molecule has 1 aromatic heterocycles. The molecule has 0 fully saturated rings. The molecule has 0 bridgehead atoms. The third-order valence-electron chi connectivity index (χ3n) is 1.86. The fourth-order valence-corrected chi connectivity index (χ4v) is 2.48. The summed E-state index contributed by atoms with van der Waals surface area (Å²) in [5.41, 5.74) is 0.715. The van der Waals surface area contributed by atoms with Gasteiger partial charge in [0.2, 0.25) is 0 Å². The molecule has 1 N–H and O–H groups in total. The average Bonchev–Trinajstić information content (AvgIpc) is 2.16. The number of aromatic nitrogens is 2. The minimum atomic E-state index is -0.0644. The van der Waals surface area contributed by atoms with Crippen LogP contribution in [0.15, 0.2) is 16.0 Å². The number of hydrogen-bond donors (Lipinski definition) is 1. The maximum Gasteiger partial charge on any atom is 0.251 e. The predicted molar refractivity (Wildman–Crippen MR) is 68.0 cm³/mol. The first-order valence-electron chi connectivity index (χ1n) is 4.99. The summed E-state index contributed by atoms with van der Waals surface area (Å²) in [5, 5.41) is 1.80. The Bertz CT molecular complexity index is 354. The van der Waals surface area contributed by atoms with Crippen molar-refractivity contribution in [3.63, 3.8) is 0 Å². The first-order valence-corrected chi connectivity index (χ1v) is 7.10. The molecule has 1 heterocycles. The van der Waals surface area contributed by atoms with Crippen molar-refractivity contribution < 1.29 is 0 Å². The molecule has 5 heteroatoms. The lowest BCUT2D eigenvalue weighted by atomic mass is 10.3. The number of aromatic amines is 1. The van der Waals surface area contributed by atoms with Crippen LogP contribution >= 0.6 is 27.7 Å². The molecular weight excluding hydrogens is 276 g/mol. The van der Waals surface area contributed by atoms with Gasteiger partial charge in [0.25, 0.3) is 5.56 Å². The van der Waals surface area contributed by atoms with Gasteiger partial charge < -0.3 is 4.98 Å². The largest absolute Gasteiger partial charge is 0.301 e. The average molecular weight is 291 g/mol. The van der Waals surface area contributed by atoms with Crippen molar-refractivity contribution >= 4 is 27.7 Å². The number of nitrogens with one attached hydrogen (secondary N) is 1. The van der Waals surface area contributed by atoms with Gasteiger partial charge in [0.1, 0.15) is 0 Å². The van der Waals surface area contributed by atoms with E-state index < -0.39 is 0 Å². The van der Waals surface area contributed by atoms with Crippen LogP contribution in [0.4, 0.5) is 0 Å². The van der Waals surface area contributed by atoms with E-state index in [9.17, 15) is 4.79 Å². The number of nitrogens with zero attached hydrogens (tertiary/aromatic N) is 1. The zero-order valence-electron chi connectivity index (χ0n) is 8.75. The molecule has 3 nitrogen and oxygen atoms in total. The third kappa shape index (κ3) is 5.37. The Labute approximate surface area is 102 Å². The van der Waals surface area contributed by atoms with Crippen molar-refractivity contribution in [2.75, 3.05) is 11.1 Å². The summed E-state index contributed by atoms with van der Waals surface area (Å²) in [4.78, 5) is 18.1. The molecule has 0 aliphatic heterocycles. The molecule has 0 aliphatic rings. The van der Waals surface area contributed by atoms with Crippen LogP contribution in [0.3, 0.4) is 0 Å². The number of hydrogen-bond acceptors (Lipinski definition) is 3. The molecule has 0 aromatic carbocycles.